The summed E-state index contributed by atoms with van der Waals surface area (Å²) < 4.78 is 17.7. The monoisotopic (exact) mass is 495 g/mol. The van der Waals surface area contributed by atoms with Crippen molar-refractivity contribution in [1.29, 1.82) is 0 Å². The van der Waals surface area contributed by atoms with Gasteiger partial charge in [0, 0.05) is 11.3 Å². The zero-order valence-electron chi connectivity index (χ0n) is 18.6. The molecule has 4 rings (SSSR count). The number of hydrogen-bond donors (Lipinski definition) is 1. The third-order valence-corrected chi connectivity index (χ3v) is 5.80. The van der Waals surface area contributed by atoms with Crippen molar-refractivity contribution in [3.63, 3.8) is 0 Å². The Hall–Kier alpha value is -4.32. The zero-order valence-corrected chi connectivity index (χ0v) is 19.4. The molecule has 4 aromatic rings. The predicted molar refractivity (Wildman–Crippen MR) is 128 cm³/mol. The van der Waals surface area contributed by atoms with Crippen molar-refractivity contribution in [1.82, 2.24) is 15.2 Å². The summed E-state index contributed by atoms with van der Waals surface area (Å²) >= 11 is 1.69. The van der Waals surface area contributed by atoms with Crippen molar-refractivity contribution in [2.24, 2.45) is 5.10 Å². The number of thioether (sulfide) groups is 1. The van der Waals surface area contributed by atoms with Gasteiger partial charge in [-0.3, -0.25) is 19.6 Å². The molecule has 11 nitrogen and oxygen atoms in total. The minimum Gasteiger partial charge on any atom is -0.496 e. The molecule has 0 atom stereocenters. The Morgan fingerprint density at radius 3 is 2.91 bits per heavy atom. The van der Waals surface area contributed by atoms with E-state index < -0.39 is 10.8 Å². The van der Waals surface area contributed by atoms with Crippen LogP contribution >= 0.6 is 11.8 Å². The van der Waals surface area contributed by atoms with E-state index in [4.69, 9.17) is 13.6 Å². The van der Waals surface area contributed by atoms with Gasteiger partial charge in [-0.2, -0.15) is 10.2 Å². The Labute approximate surface area is 203 Å². The van der Waals surface area contributed by atoms with Crippen molar-refractivity contribution in [2.75, 3.05) is 7.11 Å². The summed E-state index contributed by atoms with van der Waals surface area (Å²) in [5.41, 5.74) is 4.09. The number of methoxy groups -OCH3 is 1. The van der Waals surface area contributed by atoms with Gasteiger partial charge in [-0.15, -0.1) is 11.8 Å². The number of carbonyl (C=O) groups is 1. The first-order chi connectivity index (χ1) is 17.0. The molecular weight excluding hydrogens is 474 g/mol. The van der Waals surface area contributed by atoms with E-state index in [0.29, 0.717) is 11.5 Å². The van der Waals surface area contributed by atoms with Crippen molar-refractivity contribution in [3.8, 4) is 5.75 Å². The number of nitrogens with one attached hydrogen (secondary N) is 1. The van der Waals surface area contributed by atoms with Gasteiger partial charge in [0.05, 0.1) is 36.8 Å². The van der Waals surface area contributed by atoms with Crippen LogP contribution in [-0.2, 0) is 18.1 Å². The quantitative estimate of drug-likeness (QED) is 0.185. The summed E-state index contributed by atoms with van der Waals surface area (Å²) in [6.07, 6.45) is 5.61. The van der Waals surface area contributed by atoms with Gasteiger partial charge < -0.3 is 13.6 Å². The molecule has 0 saturated carbocycles. The maximum Gasteiger partial charge on any atom is 0.307 e. The van der Waals surface area contributed by atoms with Crippen LogP contribution < -0.4 is 10.2 Å². The number of aromatic nitrogens is 2. The first-order valence-corrected chi connectivity index (χ1v) is 11.5. The van der Waals surface area contributed by atoms with Crippen LogP contribution in [0.1, 0.15) is 33.2 Å². The molecule has 0 aliphatic heterocycles. The average molecular weight is 496 g/mol. The number of hydrogen-bond acceptors (Lipinski definition) is 9. The SMILES string of the molecule is COc1ccc(/C=N\NC(=O)c2ccc(Cn3cc([N+](=O)[O-])cn3)o2)cc1CSCc1ccco1. The normalized spacial score (nSPS) is 11.1. The summed E-state index contributed by atoms with van der Waals surface area (Å²) in [7, 11) is 1.62. The Morgan fingerprint density at radius 1 is 1.29 bits per heavy atom. The molecule has 3 aromatic heterocycles. The van der Waals surface area contributed by atoms with E-state index in [9.17, 15) is 14.9 Å². The van der Waals surface area contributed by atoms with E-state index in [2.05, 4.69) is 15.6 Å². The number of amides is 1. The van der Waals surface area contributed by atoms with Crippen LogP contribution in [0.5, 0.6) is 5.75 Å². The lowest BCUT2D eigenvalue weighted by Crippen LogP contribution is -2.16. The van der Waals surface area contributed by atoms with Gasteiger partial charge in [-0.25, -0.2) is 5.43 Å². The average Bonchev–Trinajstić information content (AvgIpc) is 3.62. The summed E-state index contributed by atoms with van der Waals surface area (Å²) in [6.45, 7) is 0.150. The maximum absolute atomic E-state index is 12.4. The minimum atomic E-state index is -0.534. The fourth-order valence-electron chi connectivity index (χ4n) is 3.15. The maximum atomic E-state index is 12.4. The molecule has 0 fully saturated rings. The molecule has 180 valence electrons. The van der Waals surface area contributed by atoms with E-state index in [1.165, 1.54) is 23.2 Å². The number of ether oxygens (including phenoxy) is 1. The number of hydrazone groups is 1. The van der Waals surface area contributed by atoms with Crippen molar-refractivity contribution >= 4 is 29.6 Å². The Bertz CT molecular complexity index is 1330. The topological polar surface area (TPSA) is 138 Å². The number of nitro groups is 1. The highest BCUT2D eigenvalue weighted by Gasteiger charge is 2.13. The number of rotatable bonds is 11. The molecule has 0 aliphatic carbocycles. The Balaban J connectivity index is 1.32. The van der Waals surface area contributed by atoms with E-state index in [1.807, 2.05) is 30.3 Å². The first-order valence-electron chi connectivity index (χ1n) is 10.4. The molecule has 0 bridgehead atoms. The first kappa shape index (κ1) is 23.8. The van der Waals surface area contributed by atoms with Crippen LogP contribution in [0.25, 0.3) is 0 Å². The molecule has 0 unspecified atom stereocenters. The van der Waals surface area contributed by atoms with Crippen LogP contribution in [0.4, 0.5) is 5.69 Å². The van der Waals surface area contributed by atoms with Crippen LogP contribution in [-0.4, -0.2) is 33.9 Å². The van der Waals surface area contributed by atoms with E-state index in [-0.39, 0.29) is 18.0 Å². The molecule has 3 heterocycles. The molecule has 0 aliphatic rings. The highest BCUT2D eigenvalue weighted by Crippen LogP contribution is 2.26. The summed E-state index contributed by atoms with van der Waals surface area (Å²) in [5, 5.41) is 18.7. The fraction of sp³-hybridized carbons (Fsp3) is 0.174. The van der Waals surface area contributed by atoms with Crippen LogP contribution in [0.15, 0.2) is 75.1 Å². The van der Waals surface area contributed by atoms with Crippen LogP contribution in [0, 0.1) is 10.1 Å². The third-order valence-electron chi connectivity index (χ3n) is 4.80. The smallest absolute Gasteiger partial charge is 0.307 e. The lowest BCUT2D eigenvalue weighted by molar-refractivity contribution is -0.385. The second-order valence-corrected chi connectivity index (χ2v) is 8.25. The molecule has 0 radical (unpaired) electrons. The Morgan fingerprint density at radius 2 is 2.17 bits per heavy atom. The van der Waals surface area contributed by atoms with Crippen molar-refractivity contribution < 1.29 is 23.3 Å². The van der Waals surface area contributed by atoms with Gasteiger partial charge in [0.2, 0.25) is 0 Å². The Kier molecular flexibility index (Phi) is 7.63. The lowest BCUT2D eigenvalue weighted by Gasteiger charge is -2.09. The molecule has 1 amide bonds. The van der Waals surface area contributed by atoms with E-state index in [0.717, 1.165) is 34.6 Å². The molecule has 1 aromatic carbocycles. The zero-order chi connectivity index (χ0) is 24.6. The number of furan rings is 2. The number of benzene rings is 1. The van der Waals surface area contributed by atoms with E-state index in [1.54, 1.807) is 31.2 Å². The van der Waals surface area contributed by atoms with Gasteiger partial charge >= 0.3 is 11.6 Å². The number of nitrogens with zero attached hydrogens (tertiary/aromatic N) is 4. The summed E-state index contributed by atoms with van der Waals surface area (Å²) in [6, 6.07) is 12.5. The summed E-state index contributed by atoms with van der Waals surface area (Å²) in [4.78, 5) is 22.6. The molecule has 35 heavy (non-hydrogen) atoms. The largest absolute Gasteiger partial charge is 0.496 e. The van der Waals surface area contributed by atoms with Gasteiger partial charge in [-0.05, 0) is 48.0 Å². The minimum absolute atomic E-state index is 0.0588. The second kappa shape index (κ2) is 11.2. The van der Waals surface area contributed by atoms with Crippen LogP contribution in [0.3, 0.4) is 0 Å². The van der Waals surface area contributed by atoms with Gasteiger partial charge in [0.25, 0.3) is 0 Å². The summed E-state index contributed by atoms with van der Waals surface area (Å²) in [5.74, 6) is 3.08. The van der Waals surface area contributed by atoms with Gasteiger partial charge in [0.15, 0.2) is 5.76 Å². The third kappa shape index (κ3) is 6.38. The fourth-order valence-corrected chi connectivity index (χ4v) is 4.06. The second-order valence-electron chi connectivity index (χ2n) is 7.26. The molecule has 0 saturated heterocycles. The van der Waals surface area contributed by atoms with Gasteiger partial charge in [-0.1, -0.05) is 0 Å². The van der Waals surface area contributed by atoms with Crippen molar-refractivity contribution in [3.05, 3.63) is 99.6 Å². The molecule has 12 heteroatoms. The van der Waals surface area contributed by atoms with E-state index >= 15 is 0 Å². The molecular formula is C23H21N5O6S. The highest BCUT2D eigenvalue weighted by atomic mass is 32.2. The van der Waals surface area contributed by atoms with Crippen molar-refractivity contribution in [2.45, 2.75) is 18.1 Å². The van der Waals surface area contributed by atoms with Gasteiger partial charge in [0.1, 0.15) is 29.7 Å². The molecule has 1 N–H and O–H groups in total. The highest BCUT2D eigenvalue weighted by molar-refractivity contribution is 7.97. The number of carbonyl (C=O) groups excluding carboxylic acids is 1. The lowest BCUT2D eigenvalue weighted by atomic mass is 10.1. The predicted octanol–water partition coefficient (Wildman–Crippen LogP) is 4.23. The van der Waals surface area contributed by atoms with Crippen LogP contribution in [0.2, 0.25) is 0 Å². The standard InChI is InChI=1S/C23H21N5O6S/c1-32-21-6-4-16(9-17(21)14-35-15-20-3-2-8-33-20)10-24-26-23(29)22-7-5-19(34-22)13-27-12-18(11-25-27)28(30)31/h2-12H,13-15H2,1H3,(H,26,29)/b24-10-. The molecule has 0 spiro atoms.